The van der Waals surface area contributed by atoms with Crippen molar-refractivity contribution >= 4 is 69.8 Å². The second kappa shape index (κ2) is 6.61. The third kappa shape index (κ3) is 2.18. The molecule has 1 saturated heterocycles. The van der Waals surface area contributed by atoms with Crippen LogP contribution in [0.15, 0.2) is 120 Å². The van der Waals surface area contributed by atoms with Crippen LogP contribution >= 0.6 is 11.3 Å². The molecule has 1 aliphatic carbocycles. The fourth-order valence-electron chi connectivity index (χ4n) is 7.96. The molecule has 7 aromatic rings. The van der Waals surface area contributed by atoms with Crippen molar-refractivity contribution in [3.05, 3.63) is 121 Å². The molecule has 0 N–H and O–H groups in total. The summed E-state index contributed by atoms with van der Waals surface area (Å²) in [6, 6.07) is 34.2. The fourth-order valence-corrected chi connectivity index (χ4v) is 9.21. The van der Waals surface area contributed by atoms with Crippen molar-refractivity contribution in [2.45, 2.75) is 17.9 Å². The van der Waals surface area contributed by atoms with Crippen molar-refractivity contribution in [1.82, 2.24) is 9.47 Å². The third-order valence-electron chi connectivity index (χ3n) is 9.65. The van der Waals surface area contributed by atoms with Gasteiger partial charge in [0.05, 0.1) is 22.8 Å². The highest BCUT2D eigenvalue weighted by Crippen LogP contribution is 2.71. The van der Waals surface area contributed by atoms with Crippen LogP contribution in [0.2, 0.25) is 0 Å². The van der Waals surface area contributed by atoms with E-state index in [1.807, 2.05) is 11.3 Å². The summed E-state index contributed by atoms with van der Waals surface area (Å²) in [6.45, 7) is 0. The lowest BCUT2D eigenvalue weighted by molar-refractivity contribution is 0.425. The number of hydrogen-bond donors (Lipinski definition) is 0. The number of rotatable bonds is 1. The van der Waals surface area contributed by atoms with Gasteiger partial charge in [-0.3, -0.25) is 4.99 Å². The molecule has 0 radical (unpaired) electrons. The minimum absolute atomic E-state index is 0.238. The molecule has 4 heteroatoms. The van der Waals surface area contributed by atoms with Crippen molar-refractivity contribution in [2.24, 2.45) is 4.99 Å². The molecule has 3 aliphatic heterocycles. The van der Waals surface area contributed by atoms with E-state index in [-0.39, 0.29) is 17.9 Å². The third-order valence-corrected chi connectivity index (χ3v) is 10.9. The molecule has 4 aliphatic rings. The van der Waals surface area contributed by atoms with Crippen molar-refractivity contribution in [2.75, 3.05) is 0 Å². The fraction of sp³-hybridized carbons (Fsp3) is 0.0833. The monoisotopic (exact) mass is 527 g/mol. The van der Waals surface area contributed by atoms with E-state index in [2.05, 4.69) is 125 Å². The zero-order chi connectivity index (χ0) is 25.7. The summed E-state index contributed by atoms with van der Waals surface area (Å²) in [5.74, 6) is 0. The minimum Gasteiger partial charge on any atom is -0.319 e. The molecule has 0 amide bonds. The lowest BCUT2D eigenvalue weighted by atomic mass is 9.97. The van der Waals surface area contributed by atoms with Crippen LogP contribution in [-0.4, -0.2) is 21.2 Å². The minimum atomic E-state index is -0.283. The lowest BCUT2D eigenvalue weighted by Gasteiger charge is -2.16. The molecule has 40 heavy (non-hydrogen) atoms. The maximum atomic E-state index is 5.45. The molecule has 3 nitrogen and oxygen atoms in total. The molecule has 4 atom stereocenters. The average Bonchev–Trinajstić information content (AvgIpc) is 3.36. The Morgan fingerprint density at radius 2 is 1.60 bits per heavy atom. The van der Waals surface area contributed by atoms with E-state index >= 15 is 0 Å². The molecular formula is C36H21N3S. The summed E-state index contributed by atoms with van der Waals surface area (Å²) in [6.07, 6.45) is 9.04. The summed E-state index contributed by atoms with van der Waals surface area (Å²) in [4.78, 5) is 8.06. The molecule has 0 bridgehead atoms. The number of allylic oxidation sites excluding steroid dienone is 2. The standard InChI is InChI=1S/C36H21N3S/c1-2-8-21-17-22(14-13-20(21)7-1)23-15-16-29-26(18-23)32-33-27(19-25-24-9-3-6-12-31(24)40-34(25)32)36-35(38(29)33)39(36)30-11-5-4-10-28(30)37-36/h1-19,30,35H. The second-order valence-corrected chi connectivity index (χ2v) is 12.6. The average molecular weight is 528 g/mol. The number of hydrogen-bond acceptors (Lipinski definition) is 3. The molecule has 1 spiro atoms. The van der Waals surface area contributed by atoms with Crippen LogP contribution in [0.4, 0.5) is 0 Å². The normalized spacial score (nSPS) is 25.3. The Balaban J connectivity index is 1.26. The molecule has 5 aromatic carbocycles. The summed E-state index contributed by atoms with van der Waals surface area (Å²) >= 11 is 1.93. The van der Waals surface area contributed by atoms with E-state index in [4.69, 9.17) is 4.99 Å². The number of aromatic nitrogens is 1. The van der Waals surface area contributed by atoms with Gasteiger partial charge in [0.2, 0.25) is 0 Å². The van der Waals surface area contributed by atoms with Gasteiger partial charge in [0.15, 0.2) is 5.66 Å². The first-order chi connectivity index (χ1) is 19.8. The van der Waals surface area contributed by atoms with Crippen LogP contribution in [0.5, 0.6) is 0 Å². The Hall–Kier alpha value is -4.51. The van der Waals surface area contributed by atoms with Crippen molar-refractivity contribution in [1.29, 1.82) is 0 Å². The number of thiophene rings is 1. The first kappa shape index (κ1) is 20.4. The van der Waals surface area contributed by atoms with Gasteiger partial charge in [-0.2, -0.15) is 0 Å². The summed E-state index contributed by atoms with van der Waals surface area (Å²) in [7, 11) is 0. The lowest BCUT2D eigenvalue weighted by Crippen LogP contribution is -2.26. The maximum absolute atomic E-state index is 5.45. The van der Waals surface area contributed by atoms with Gasteiger partial charge in [-0.25, -0.2) is 4.90 Å². The van der Waals surface area contributed by atoms with E-state index in [9.17, 15) is 0 Å². The van der Waals surface area contributed by atoms with E-state index in [0.717, 1.165) is 0 Å². The van der Waals surface area contributed by atoms with Crippen LogP contribution in [-0.2, 0) is 5.66 Å². The molecule has 4 unspecified atom stereocenters. The Morgan fingerprint density at radius 3 is 2.58 bits per heavy atom. The number of nitrogens with zero attached hydrogens (tertiary/aromatic N) is 3. The van der Waals surface area contributed by atoms with Gasteiger partial charge in [0, 0.05) is 36.5 Å². The first-order valence-electron chi connectivity index (χ1n) is 14.0. The van der Waals surface area contributed by atoms with Crippen molar-refractivity contribution in [3.63, 3.8) is 0 Å². The molecule has 1 fully saturated rings. The van der Waals surface area contributed by atoms with E-state index < -0.39 is 0 Å². The van der Waals surface area contributed by atoms with Crippen LogP contribution in [0.1, 0.15) is 11.7 Å². The van der Waals surface area contributed by atoms with Gasteiger partial charge >= 0.3 is 0 Å². The molecule has 2 aromatic heterocycles. The zero-order valence-electron chi connectivity index (χ0n) is 21.4. The van der Waals surface area contributed by atoms with Crippen molar-refractivity contribution in [3.8, 4) is 11.1 Å². The van der Waals surface area contributed by atoms with Crippen LogP contribution in [0.25, 0.3) is 63.9 Å². The Bertz CT molecular complexity index is 2420. The zero-order valence-corrected chi connectivity index (χ0v) is 22.2. The largest absolute Gasteiger partial charge is 0.319 e. The maximum Gasteiger partial charge on any atom is 0.178 e. The van der Waals surface area contributed by atoms with E-state index in [1.54, 1.807) is 0 Å². The summed E-state index contributed by atoms with van der Waals surface area (Å²) in [5.41, 5.74) is 7.50. The van der Waals surface area contributed by atoms with Gasteiger partial charge in [-0.1, -0.05) is 78.9 Å². The summed E-state index contributed by atoms with van der Waals surface area (Å²) < 4.78 is 5.36. The molecule has 0 saturated carbocycles. The molecule has 186 valence electrons. The SMILES string of the molecule is C1=CC2=NC34c5cc6c7ccccc7sc6c6c7cc(-c8ccc9ccccc9c8)ccc7n(c56)C3N4C2C=C1. The number of fused-ring (bicyclic) bond motifs is 12. The van der Waals surface area contributed by atoms with Gasteiger partial charge < -0.3 is 4.57 Å². The highest BCUT2D eigenvalue weighted by atomic mass is 32.1. The molecule has 5 heterocycles. The quantitative estimate of drug-likeness (QED) is 0.195. The Kier molecular flexibility index (Phi) is 3.37. The van der Waals surface area contributed by atoms with Crippen LogP contribution in [0, 0.1) is 0 Å². The van der Waals surface area contributed by atoms with E-state index in [1.165, 1.54) is 75.2 Å². The number of benzene rings is 5. The first-order valence-corrected chi connectivity index (χ1v) is 14.8. The van der Waals surface area contributed by atoms with Crippen molar-refractivity contribution < 1.29 is 0 Å². The molecular weight excluding hydrogens is 506 g/mol. The predicted octanol–water partition coefficient (Wildman–Crippen LogP) is 8.91. The van der Waals surface area contributed by atoms with E-state index in [0.29, 0.717) is 0 Å². The highest BCUT2D eigenvalue weighted by molar-refractivity contribution is 7.26. The van der Waals surface area contributed by atoms with Gasteiger partial charge in [-0.15, -0.1) is 11.3 Å². The Labute approximate surface area is 233 Å². The number of aliphatic imine (C=N–C) groups is 1. The smallest absolute Gasteiger partial charge is 0.178 e. The van der Waals surface area contributed by atoms with Gasteiger partial charge in [0.25, 0.3) is 0 Å². The van der Waals surface area contributed by atoms with Gasteiger partial charge in [-0.05, 0) is 58.3 Å². The molecule has 11 rings (SSSR count). The topological polar surface area (TPSA) is 20.3 Å². The summed E-state index contributed by atoms with van der Waals surface area (Å²) in [5, 5.41) is 8.02. The highest BCUT2D eigenvalue weighted by Gasteiger charge is 2.75. The van der Waals surface area contributed by atoms with Gasteiger partial charge in [0.1, 0.15) is 6.17 Å². The predicted molar refractivity (Wildman–Crippen MR) is 167 cm³/mol. The Morgan fingerprint density at radius 1 is 0.750 bits per heavy atom. The van der Waals surface area contributed by atoms with Crippen LogP contribution < -0.4 is 0 Å². The van der Waals surface area contributed by atoms with Crippen LogP contribution in [0.3, 0.4) is 0 Å². The second-order valence-electron chi connectivity index (χ2n) is 11.5.